The van der Waals surface area contributed by atoms with Crippen LogP contribution in [0.15, 0.2) is 73.3 Å². The van der Waals surface area contributed by atoms with E-state index in [1.807, 2.05) is 66.7 Å². The molecule has 0 aromatic heterocycles. The van der Waals surface area contributed by atoms with Crippen molar-refractivity contribution in [1.29, 1.82) is 0 Å². The number of benzene rings is 2. The summed E-state index contributed by atoms with van der Waals surface area (Å²) in [5.41, 5.74) is 0.434. The first kappa shape index (κ1) is 55.7. The smallest absolute Gasteiger partial charge is 0.341 e. The summed E-state index contributed by atoms with van der Waals surface area (Å²) >= 11 is 32.5. The number of rotatable bonds is 28. The Labute approximate surface area is 395 Å². The quantitative estimate of drug-likeness (QED) is 0.0280. The zero-order valence-electron chi connectivity index (χ0n) is 36.2. The van der Waals surface area contributed by atoms with Gasteiger partial charge in [-0.3, -0.25) is 9.59 Å². The van der Waals surface area contributed by atoms with Gasteiger partial charge in [-0.1, -0.05) is 189 Å². The lowest BCUT2D eigenvalue weighted by molar-refractivity contribution is -0.0474. The van der Waals surface area contributed by atoms with E-state index in [1.165, 1.54) is 96.3 Å². The highest BCUT2D eigenvalue weighted by molar-refractivity contribution is 7.64. The van der Waals surface area contributed by atoms with Gasteiger partial charge in [0.05, 0.1) is 0 Å². The molecule has 0 aliphatic heterocycles. The molecule has 0 amide bonds. The fourth-order valence-electron chi connectivity index (χ4n) is 8.30. The van der Waals surface area contributed by atoms with Crippen molar-refractivity contribution in [2.24, 2.45) is 0 Å². The van der Waals surface area contributed by atoms with E-state index in [9.17, 15) is 9.59 Å². The highest BCUT2D eigenvalue weighted by Gasteiger charge is 2.41. The van der Waals surface area contributed by atoms with E-state index < -0.39 is 23.9 Å². The molecule has 0 atom stereocenters. The molecule has 340 valence electrons. The maximum atomic E-state index is 13.1. The molecule has 2 aliphatic carbocycles. The molecule has 2 aromatic carbocycles. The Kier molecular flexibility index (Phi) is 31.6. The molecule has 0 heterocycles. The third-order valence-electron chi connectivity index (χ3n) is 11.6. The SMILES string of the molecule is C=CCCCCCCCCCOC1(C(=O)c2ccccc2)CCCCC1.Cl[SiH](Cl)Cl.O=C(c1ccccc1)C1(OCCCCCCCCCCC[Si](Cl)(Cl)Cl)CCCCC1. The van der Waals surface area contributed by atoms with Crippen LogP contribution in [0.4, 0.5) is 0 Å². The molecule has 0 radical (unpaired) electrons. The van der Waals surface area contributed by atoms with E-state index in [2.05, 4.69) is 6.58 Å². The van der Waals surface area contributed by atoms with Crippen LogP contribution in [-0.4, -0.2) is 48.7 Å². The maximum Gasteiger partial charge on any atom is 0.341 e. The topological polar surface area (TPSA) is 52.6 Å². The van der Waals surface area contributed by atoms with Crippen molar-refractivity contribution >= 4 is 90.8 Å². The van der Waals surface area contributed by atoms with Gasteiger partial charge >= 0.3 is 12.7 Å². The van der Waals surface area contributed by atoms with Crippen LogP contribution >= 0.6 is 66.5 Å². The molecule has 0 bridgehead atoms. The minimum atomic E-state index is -2.41. The van der Waals surface area contributed by atoms with Gasteiger partial charge in [0.25, 0.3) is 0 Å². The maximum absolute atomic E-state index is 13.1. The highest BCUT2D eigenvalue weighted by Crippen LogP contribution is 2.36. The van der Waals surface area contributed by atoms with E-state index in [4.69, 9.17) is 75.9 Å². The lowest BCUT2D eigenvalue weighted by Gasteiger charge is -2.36. The number of allylic oxidation sites excluding steroid dienone is 1. The fourth-order valence-corrected chi connectivity index (χ4v) is 10.2. The Bertz CT molecular complexity index is 1380. The Morgan fingerprint density at radius 2 is 0.850 bits per heavy atom. The number of hydrogen-bond donors (Lipinski definition) is 0. The zero-order valence-corrected chi connectivity index (χ0v) is 42.9. The van der Waals surface area contributed by atoms with Gasteiger partial charge in [0.2, 0.25) is 0 Å². The first-order valence-electron chi connectivity index (χ1n) is 23.0. The lowest BCUT2D eigenvalue weighted by Crippen LogP contribution is -2.43. The Morgan fingerprint density at radius 1 is 0.533 bits per heavy atom. The number of unbranched alkanes of at least 4 members (excludes halogenated alkanes) is 15. The Hall–Kier alpha value is -0.386. The second kappa shape index (κ2) is 34.0. The molecule has 60 heavy (non-hydrogen) atoms. The van der Waals surface area contributed by atoms with Crippen molar-refractivity contribution in [2.45, 2.75) is 191 Å². The van der Waals surface area contributed by atoms with Gasteiger partial charge in [-0.25, -0.2) is 0 Å². The number of ketones is 2. The number of Topliss-reactive ketones (excluding diaryl/α,β-unsaturated/α-hetero) is 2. The summed E-state index contributed by atoms with van der Waals surface area (Å²) in [7, 11) is 0. The van der Waals surface area contributed by atoms with Gasteiger partial charge < -0.3 is 9.47 Å². The largest absolute Gasteiger partial charge is 0.367 e. The third-order valence-corrected chi connectivity index (χ3v) is 14.3. The van der Waals surface area contributed by atoms with E-state index in [0.29, 0.717) is 6.61 Å². The molecule has 0 spiro atoms. The van der Waals surface area contributed by atoms with Gasteiger partial charge in [-0.2, -0.15) is 0 Å². The first-order chi connectivity index (χ1) is 28.9. The Balaban J connectivity index is 0.000000382. The van der Waals surface area contributed by atoms with Crippen molar-refractivity contribution in [1.82, 2.24) is 0 Å². The molecule has 2 saturated carbocycles. The van der Waals surface area contributed by atoms with Crippen molar-refractivity contribution in [2.75, 3.05) is 13.2 Å². The van der Waals surface area contributed by atoms with Crippen LogP contribution in [0.25, 0.3) is 0 Å². The van der Waals surface area contributed by atoms with Gasteiger partial charge in [-0.05, 0) is 57.4 Å². The van der Waals surface area contributed by atoms with Crippen LogP contribution < -0.4 is 0 Å². The average molecular weight is 984 g/mol. The van der Waals surface area contributed by atoms with E-state index in [0.717, 1.165) is 101 Å². The summed E-state index contributed by atoms with van der Waals surface area (Å²) in [5.74, 6) is 0.375. The Morgan fingerprint density at radius 3 is 1.18 bits per heavy atom. The summed E-state index contributed by atoms with van der Waals surface area (Å²) in [4.78, 5) is 26.2. The lowest BCUT2D eigenvalue weighted by atomic mass is 9.79. The predicted octanol–water partition coefficient (Wildman–Crippen LogP) is 17.1. The van der Waals surface area contributed by atoms with E-state index >= 15 is 0 Å². The van der Waals surface area contributed by atoms with Crippen LogP contribution in [0.1, 0.15) is 194 Å². The second-order valence-electron chi connectivity index (χ2n) is 16.5. The molecule has 0 saturated heterocycles. The van der Waals surface area contributed by atoms with E-state index in [1.54, 1.807) is 0 Å². The van der Waals surface area contributed by atoms with Gasteiger partial charge in [0.15, 0.2) is 11.6 Å². The minimum absolute atomic E-state index is 0.181. The molecule has 2 fully saturated rings. The summed E-state index contributed by atoms with van der Waals surface area (Å²) in [6.45, 7) is 3.46. The van der Waals surface area contributed by atoms with Crippen LogP contribution in [0.3, 0.4) is 0 Å². The first-order valence-corrected chi connectivity index (χ1v) is 33.5. The molecule has 0 unspecified atom stereocenters. The molecule has 4 nitrogen and oxygen atoms in total. The summed E-state index contributed by atoms with van der Waals surface area (Å²) in [5, 5.41) is 0. The predicted molar refractivity (Wildman–Crippen MR) is 267 cm³/mol. The summed E-state index contributed by atoms with van der Waals surface area (Å²) < 4.78 is 12.6. The minimum Gasteiger partial charge on any atom is -0.367 e. The molecule has 12 heteroatoms. The number of hydrogen-bond acceptors (Lipinski definition) is 4. The number of carbonyl (C=O) groups excluding carboxylic acids is 2. The fraction of sp³-hybridized carbons (Fsp3) is 0.667. The van der Waals surface area contributed by atoms with Gasteiger partial charge in [0, 0.05) is 24.3 Å². The monoisotopic (exact) mass is 980 g/mol. The summed E-state index contributed by atoms with van der Waals surface area (Å²) in [6, 6.07) is 17.7. The van der Waals surface area contributed by atoms with Crippen molar-refractivity contribution < 1.29 is 19.1 Å². The zero-order chi connectivity index (χ0) is 43.8. The molecule has 2 aliphatic rings. The van der Waals surface area contributed by atoms with Gasteiger partial charge in [-0.15, -0.1) is 73.1 Å². The summed E-state index contributed by atoms with van der Waals surface area (Å²) in [6.07, 6.45) is 32.9. The number of carbonyl (C=O) groups is 2. The molecule has 0 N–H and O–H groups in total. The van der Waals surface area contributed by atoms with Crippen LogP contribution in [0, 0.1) is 0 Å². The van der Waals surface area contributed by atoms with Crippen LogP contribution in [0.2, 0.25) is 6.04 Å². The standard InChI is InChI=1S/C24H37Cl3O2Si.C24H36O2.Cl3HSi/c25-30(26,27)21-15-7-5-3-1-2-4-6-14-20-29-24(18-12-9-13-19-24)23(28)22-16-10-8-11-17-22;1-2-3-4-5-6-7-8-9-16-21-26-24(19-14-11-15-20-24)23(25)22-17-12-10-13-18-22;1-4(2)3/h8,10-11,16-17H,1-7,9,12-15,18-21H2;2,10,12-13,17-18H,1,3-9,11,14-16,19-21H2;4H. The third kappa shape index (κ3) is 25.2. The molecular weight excluding hydrogens is 909 g/mol. The van der Waals surface area contributed by atoms with Gasteiger partial charge in [0.1, 0.15) is 11.2 Å². The van der Waals surface area contributed by atoms with Crippen molar-refractivity contribution in [3.63, 3.8) is 0 Å². The van der Waals surface area contributed by atoms with Crippen LogP contribution in [0.5, 0.6) is 0 Å². The molecule has 2 aromatic rings. The number of halogens is 6. The van der Waals surface area contributed by atoms with Crippen LogP contribution in [-0.2, 0) is 9.47 Å². The molecular formula is C48H74Cl6O4Si2. The van der Waals surface area contributed by atoms with E-state index in [-0.39, 0.29) is 11.6 Å². The van der Waals surface area contributed by atoms with Crippen molar-refractivity contribution in [3.05, 3.63) is 84.4 Å². The average Bonchev–Trinajstić information content (AvgIpc) is 3.25. The molecule has 4 rings (SSSR count). The number of ether oxygens (including phenoxy) is 2. The highest BCUT2D eigenvalue weighted by atomic mass is 35.8. The second-order valence-corrected chi connectivity index (χ2v) is 32.3. The normalized spacial score (nSPS) is 15.9. The van der Waals surface area contributed by atoms with Crippen molar-refractivity contribution in [3.8, 4) is 0 Å².